The summed E-state index contributed by atoms with van der Waals surface area (Å²) in [4.78, 5) is 21.6. The van der Waals surface area contributed by atoms with Crippen LogP contribution in [0.2, 0.25) is 0 Å². The van der Waals surface area contributed by atoms with E-state index in [-0.39, 0.29) is 16.9 Å². The van der Waals surface area contributed by atoms with E-state index >= 15 is 4.39 Å². The van der Waals surface area contributed by atoms with Crippen molar-refractivity contribution in [1.82, 2.24) is 8.75 Å². The first-order chi connectivity index (χ1) is 15.6. The third kappa shape index (κ3) is 4.11. The zero-order valence-electron chi connectivity index (χ0n) is 16.7. The normalized spacial score (nSPS) is 9.94. The zero-order chi connectivity index (χ0) is 22.5. The lowest BCUT2D eigenvalue weighted by Gasteiger charge is -2.07. The molecule has 154 valence electrons. The maximum absolute atomic E-state index is 15.3. The molecule has 0 fully saturated rings. The lowest BCUT2D eigenvalue weighted by atomic mass is 10.0. The first kappa shape index (κ1) is 20.9. The molecule has 32 heavy (non-hydrogen) atoms. The highest BCUT2D eigenvalue weighted by Crippen LogP contribution is 2.33. The second-order valence-corrected chi connectivity index (χ2v) is 7.07. The van der Waals surface area contributed by atoms with Gasteiger partial charge in [-0.1, -0.05) is 47.9 Å². The maximum atomic E-state index is 15.3. The van der Waals surface area contributed by atoms with Crippen LogP contribution in [0.3, 0.4) is 0 Å². The SMILES string of the molecule is COc1c(F)c(C#Cc2ccc(C=O)cc2)c2nsnc2c1C#Cc1ccc(C=O)cc1. The van der Waals surface area contributed by atoms with E-state index in [2.05, 4.69) is 32.4 Å². The summed E-state index contributed by atoms with van der Waals surface area (Å²) >= 11 is 0.927. The fourth-order valence-corrected chi connectivity index (χ4v) is 3.49. The second kappa shape index (κ2) is 9.22. The number of ether oxygens (including phenoxy) is 1. The highest BCUT2D eigenvalue weighted by molar-refractivity contribution is 7.00. The van der Waals surface area contributed by atoms with Gasteiger partial charge in [0, 0.05) is 22.3 Å². The van der Waals surface area contributed by atoms with Crippen LogP contribution in [0, 0.1) is 29.5 Å². The van der Waals surface area contributed by atoms with Crippen LogP contribution in [0.25, 0.3) is 11.0 Å². The molecule has 0 saturated carbocycles. The summed E-state index contributed by atoms with van der Waals surface area (Å²) in [6, 6.07) is 13.3. The molecule has 0 atom stereocenters. The van der Waals surface area contributed by atoms with E-state index in [1.165, 1.54) is 7.11 Å². The van der Waals surface area contributed by atoms with Crippen molar-refractivity contribution in [2.45, 2.75) is 0 Å². The van der Waals surface area contributed by atoms with Gasteiger partial charge in [0.2, 0.25) is 0 Å². The smallest absolute Gasteiger partial charge is 0.184 e. The third-order valence-corrected chi connectivity index (χ3v) is 5.10. The lowest BCUT2D eigenvalue weighted by molar-refractivity contribution is 0.111. The molecule has 4 aromatic rings. The average Bonchev–Trinajstić information content (AvgIpc) is 3.32. The number of aromatic nitrogens is 2. The molecule has 0 bridgehead atoms. The standard InChI is InChI=1S/C25H13FN2O3S/c1-31-25-21(13-11-17-4-8-19(15-30)9-5-17)24-23(27-32-28-24)20(22(25)26)12-10-16-2-6-18(14-29)7-3-16/h2-9,14-15H,1H3. The van der Waals surface area contributed by atoms with Gasteiger partial charge in [-0.05, 0) is 24.3 Å². The van der Waals surface area contributed by atoms with Crippen LogP contribution >= 0.6 is 11.7 Å². The van der Waals surface area contributed by atoms with Gasteiger partial charge in [0.05, 0.1) is 30.0 Å². The molecular formula is C25H13FN2O3S. The van der Waals surface area contributed by atoms with Crippen molar-refractivity contribution < 1.29 is 18.7 Å². The summed E-state index contributed by atoms with van der Waals surface area (Å²) in [5.74, 6) is 10.8. The van der Waals surface area contributed by atoms with E-state index in [4.69, 9.17) is 4.74 Å². The number of aldehydes is 2. The summed E-state index contributed by atoms with van der Waals surface area (Å²) in [6.45, 7) is 0. The monoisotopic (exact) mass is 440 g/mol. The Morgan fingerprint density at radius 2 is 1.25 bits per heavy atom. The Kier molecular flexibility index (Phi) is 6.03. The Morgan fingerprint density at radius 3 is 1.72 bits per heavy atom. The second-order valence-electron chi connectivity index (χ2n) is 6.54. The number of methoxy groups -OCH3 is 1. The predicted molar refractivity (Wildman–Crippen MR) is 120 cm³/mol. The van der Waals surface area contributed by atoms with Crippen LogP contribution in [0.4, 0.5) is 4.39 Å². The van der Waals surface area contributed by atoms with Crippen LogP contribution in [-0.2, 0) is 0 Å². The molecule has 0 aliphatic carbocycles. The highest BCUT2D eigenvalue weighted by atomic mass is 32.1. The zero-order valence-corrected chi connectivity index (χ0v) is 17.5. The number of nitrogens with zero attached hydrogens (tertiary/aromatic N) is 2. The van der Waals surface area contributed by atoms with Gasteiger partial charge >= 0.3 is 0 Å². The van der Waals surface area contributed by atoms with Gasteiger partial charge in [-0.2, -0.15) is 8.75 Å². The summed E-state index contributed by atoms with van der Waals surface area (Å²) in [5, 5.41) is 0. The van der Waals surface area contributed by atoms with Crippen molar-refractivity contribution in [3.63, 3.8) is 0 Å². The van der Waals surface area contributed by atoms with Crippen LogP contribution in [0.5, 0.6) is 5.75 Å². The Labute approximate surface area is 187 Å². The van der Waals surface area contributed by atoms with E-state index in [1.807, 2.05) is 0 Å². The molecule has 0 saturated heterocycles. The van der Waals surface area contributed by atoms with Gasteiger partial charge < -0.3 is 4.74 Å². The number of carbonyl (C=O) groups excluding carboxylic acids is 2. The molecule has 0 amide bonds. The van der Waals surface area contributed by atoms with Crippen molar-refractivity contribution in [3.05, 3.63) is 87.7 Å². The first-order valence-electron chi connectivity index (χ1n) is 9.31. The van der Waals surface area contributed by atoms with Crippen molar-refractivity contribution in [2.24, 2.45) is 0 Å². The molecule has 0 aliphatic heterocycles. The summed E-state index contributed by atoms with van der Waals surface area (Å²) < 4.78 is 29.1. The molecule has 0 unspecified atom stereocenters. The molecule has 0 aliphatic rings. The average molecular weight is 440 g/mol. The Balaban J connectivity index is 1.81. The van der Waals surface area contributed by atoms with Crippen molar-refractivity contribution in [3.8, 4) is 29.4 Å². The number of carbonyl (C=O) groups is 2. The third-order valence-electron chi connectivity index (χ3n) is 4.57. The fraction of sp³-hybridized carbons (Fsp3) is 0.0400. The van der Waals surface area contributed by atoms with E-state index < -0.39 is 5.82 Å². The first-order valence-corrected chi connectivity index (χ1v) is 10.0. The number of fused-ring (bicyclic) bond motifs is 1. The molecule has 5 nitrogen and oxygen atoms in total. The minimum atomic E-state index is -0.676. The molecular weight excluding hydrogens is 427 g/mol. The van der Waals surface area contributed by atoms with Gasteiger partial charge in [-0.3, -0.25) is 9.59 Å². The van der Waals surface area contributed by atoms with Crippen LogP contribution in [-0.4, -0.2) is 28.4 Å². The molecule has 1 heterocycles. The number of halogens is 1. The summed E-state index contributed by atoms with van der Waals surface area (Å²) in [7, 11) is 1.35. The maximum Gasteiger partial charge on any atom is 0.184 e. The van der Waals surface area contributed by atoms with Crippen molar-refractivity contribution >= 4 is 35.3 Å². The van der Waals surface area contributed by atoms with Crippen molar-refractivity contribution in [1.29, 1.82) is 0 Å². The summed E-state index contributed by atoms with van der Waals surface area (Å²) in [6.07, 6.45) is 1.49. The molecule has 7 heteroatoms. The number of hydrogen-bond donors (Lipinski definition) is 0. The molecule has 1 aromatic heterocycles. The highest BCUT2D eigenvalue weighted by Gasteiger charge is 2.21. The molecule has 0 radical (unpaired) electrons. The van der Waals surface area contributed by atoms with E-state index in [1.54, 1.807) is 48.5 Å². The van der Waals surface area contributed by atoms with Crippen molar-refractivity contribution in [2.75, 3.05) is 7.11 Å². The van der Waals surface area contributed by atoms with E-state index in [0.717, 1.165) is 24.3 Å². The van der Waals surface area contributed by atoms with Gasteiger partial charge in [0.1, 0.15) is 23.6 Å². The van der Waals surface area contributed by atoms with Gasteiger partial charge in [0.15, 0.2) is 11.6 Å². The van der Waals surface area contributed by atoms with Gasteiger partial charge in [-0.15, -0.1) is 0 Å². The van der Waals surface area contributed by atoms with Crippen LogP contribution in [0.1, 0.15) is 43.0 Å². The number of hydrogen-bond acceptors (Lipinski definition) is 6. The molecule has 0 spiro atoms. The topological polar surface area (TPSA) is 69.2 Å². The van der Waals surface area contributed by atoms with Gasteiger partial charge in [-0.25, -0.2) is 4.39 Å². The Morgan fingerprint density at radius 1 is 0.781 bits per heavy atom. The van der Waals surface area contributed by atoms with E-state index in [0.29, 0.717) is 33.3 Å². The lowest BCUT2D eigenvalue weighted by Crippen LogP contribution is -1.98. The van der Waals surface area contributed by atoms with Crippen LogP contribution < -0.4 is 4.74 Å². The summed E-state index contributed by atoms with van der Waals surface area (Å²) in [5.41, 5.74) is 3.36. The Hall–Kier alpha value is -4.33. The fourth-order valence-electron chi connectivity index (χ4n) is 2.93. The molecule has 0 N–H and O–H groups in total. The predicted octanol–water partition coefficient (Wildman–Crippen LogP) is 4.26. The molecule has 3 aromatic carbocycles. The molecule has 4 rings (SSSR count). The number of rotatable bonds is 3. The van der Waals surface area contributed by atoms with Gasteiger partial charge in [0.25, 0.3) is 0 Å². The Bertz CT molecular complexity index is 1450. The minimum Gasteiger partial charge on any atom is -0.492 e. The van der Waals surface area contributed by atoms with E-state index in [9.17, 15) is 9.59 Å². The minimum absolute atomic E-state index is 0.0611. The van der Waals surface area contributed by atoms with Crippen LogP contribution in [0.15, 0.2) is 48.5 Å². The quantitative estimate of drug-likeness (QED) is 0.352. The number of benzene rings is 3. The largest absolute Gasteiger partial charge is 0.492 e.